The fourth-order valence-electron chi connectivity index (χ4n) is 2.21. The molecule has 1 fully saturated rings. The van der Waals surface area contributed by atoms with E-state index in [1.807, 2.05) is 0 Å². The lowest BCUT2D eigenvalue weighted by atomic mass is 9.94. The number of ketones is 1. The van der Waals surface area contributed by atoms with Gasteiger partial charge in [-0.3, -0.25) is 9.59 Å². The molecule has 1 N–H and O–H groups in total. The number of rotatable bonds is 3. The molecule has 1 saturated carbocycles. The van der Waals surface area contributed by atoms with Gasteiger partial charge in [0, 0.05) is 30.7 Å². The maximum atomic E-state index is 12.0. The highest BCUT2D eigenvalue weighted by atomic mass is 32.2. The fourth-order valence-corrected chi connectivity index (χ4v) is 2.84. The van der Waals surface area contributed by atoms with Crippen molar-refractivity contribution >= 4 is 21.5 Å². The maximum Gasteiger partial charge on any atom is 0.251 e. The van der Waals surface area contributed by atoms with Gasteiger partial charge in [0.05, 0.1) is 4.90 Å². The number of carbonyl (C=O) groups is 2. The molecule has 0 aliphatic heterocycles. The molecule has 1 aromatic carbocycles. The van der Waals surface area contributed by atoms with Crippen molar-refractivity contribution in [2.24, 2.45) is 0 Å². The number of carbonyl (C=O) groups excluding carboxylic acids is 2. The number of nitrogens with one attached hydrogen (secondary N) is 1. The standard InChI is InChI=1S/C14H17NO4S/c1-20(18,19)13-8-2-10(3-9-13)14(17)15-11-4-6-12(16)7-5-11/h2-3,8-9,11H,4-7H2,1H3,(H,15,17). The van der Waals surface area contributed by atoms with E-state index in [4.69, 9.17) is 0 Å². The first-order valence-corrected chi connectivity index (χ1v) is 8.38. The Morgan fingerprint density at radius 2 is 1.70 bits per heavy atom. The van der Waals surface area contributed by atoms with Gasteiger partial charge in [0.2, 0.25) is 0 Å². The van der Waals surface area contributed by atoms with Crippen molar-refractivity contribution in [3.8, 4) is 0 Å². The first-order valence-electron chi connectivity index (χ1n) is 6.49. The van der Waals surface area contributed by atoms with Gasteiger partial charge in [0.25, 0.3) is 5.91 Å². The molecule has 6 heteroatoms. The van der Waals surface area contributed by atoms with Gasteiger partial charge in [-0.05, 0) is 37.1 Å². The minimum Gasteiger partial charge on any atom is -0.349 e. The zero-order valence-corrected chi connectivity index (χ0v) is 12.1. The van der Waals surface area contributed by atoms with Crippen molar-refractivity contribution < 1.29 is 18.0 Å². The molecule has 1 amide bonds. The summed E-state index contributed by atoms with van der Waals surface area (Å²) in [5, 5.41) is 2.87. The normalized spacial score (nSPS) is 16.9. The van der Waals surface area contributed by atoms with Gasteiger partial charge in [-0.25, -0.2) is 8.42 Å². The Morgan fingerprint density at radius 3 is 2.20 bits per heavy atom. The summed E-state index contributed by atoms with van der Waals surface area (Å²) >= 11 is 0. The molecular weight excluding hydrogens is 278 g/mol. The Labute approximate surface area is 118 Å². The molecule has 2 rings (SSSR count). The van der Waals surface area contributed by atoms with E-state index in [2.05, 4.69) is 5.32 Å². The van der Waals surface area contributed by atoms with Gasteiger partial charge in [0.15, 0.2) is 9.84 Å². The van der Waals surface area contributed by atoms with Crippen molar-refractivity contribution in [2.75, 3.05) is 6.26 Å². The maximum absolute atomic E-state index is 12.0. The molecule has 0 heterocycles. The zero-order valence-electron chi connectivity index (χ0n) is 11.3. The van der Waals surface area contributed by atoms with E-state index in [-0.39, 0.29) is 22.6 Å². The summed E-state index contributed by atoms with van der Waals surface area (Å²) in [4.78, 5) is 23.3. The lowest BCUT2D eigenvalue weighted by molar-refractivity contribution is -0.120. The van der Waals surface area contributed by atoms with Crippen molar-refractivity contribution in [3.63, 3.8) is 0 Å². The molecule has 0 bridgehead atoms. The van der Waals surface area contributed by atoms with E-state index in [0.29, 0.717) is 31.2 Å². The molecule has 1 aliphatic carbocycles. The van der Waals surface area contributed by atoms with Crippen LogP contribution < -0.4 is 5.32 Å². The van der Waals surface area contributed by atoms with Crippen LogP contribution in [-0.2, 0) is 14.6 Å². The van der Waals surface area contributed by atoms with Crippen molar-refractivity contribution in [3.05, 3.63) is 29.8 Å². The van der Waals surface area contributed by atoms with Gasteiger partial charge in [-0.2, -0.15) is 0 Å². The smallest absolute Gasteiger partial charge is 0.251 e. The lowest BCUT2D eigenvalue weighted by Crippen LogP contribution is -2.37. The van der Waals surface area contributed by atoms with Gasteiger partial charge < -0.3 is 5.32 Å². The zero-order chi connectivity index (χ0) is 14.8. The predicted octanol–water partition coefficient (Wildman–Crippen LogP) is 1.33. The largest absolute Gasteiger partial charge is 0.349 e. The third-order valence-corrected chi connectivity index (χ3v) is 4.55. The van der Waals surface area contributed by atoms with Crippen LogP contribution in [0.4, 0.5) is 0 Å². The number of Topliss-reactive ketones (excluding diaryl/α,β-unsaturated/α-hetero) is 1. The molecule has 1 aliphatic rings. The summed E-state index contributed by atoms with van der Waals surface area (Å²) in [6, 6.07) is 5.87. The molecule has 0 saturated heterocycles. The number of hydrogen-bond donors (Lipinski definition) is 1. The van der Waals surface area contributed by atoms with Gasteiger partial charge in [0.1, 0.15) is 5.78 Å². The summed E-state index contributed by atoms with van der Waals surface area (Å²) in [6.45, 7) is 0. The van der Waals surface area contributed by atoms with Crippen molar-refractivity contribution in [1.29, 1.82) is 0 Å². The summed E-state index contributed by atoms with van der Waals surface area (Å²) in [5.74, 6) is 0.0115. The van der Waals surface area contributed by atoms with Crippen LogP contribution in [-0.4, -0.2) is 32.4 Å². The Morgan fingerprint density at radius 1 is 1.15 bits per heavy atom. The molecule has 1 aromatic rings. The van der Waals surface area contributed by atoms with Crippen LogP contribution in [0.2, 0.25) is 0 Å². The van der Waals surface area contributed by atoms with Crippen LogP contribution in [0.1, 0.15) is 36.0 Å². The second-order valence-corrected chi connectivity index (χ2v) is 7.10. The third-order valence-electron chi connectivity index (χ3n) is 3.42. The monoisotopic (exact) mass is 295 g/mol. The highest BCUT2D eigenvalue weighted by Crippen LogP contribution is 2.16. The summed E-state index contributed by atoms with van der Waals surface area (Å²) in [5.41, 5.74) is 0.425. The first kappa shape index (κ1) is 14.7. The Hall–Kier alpha value is -1.69. The highest BCUT2D eigenvalue weighted by molar-refractivity contribution is 7.90. The van der Waals surface area contributed by atoms with E-state index in [9.17, 15) is 18.0 Å². The average molecular weight is 295 g/mol. The van der Waals surface area contributed by atoms with Crippen LogP contribution in [0.5, 0.6) is 0 Å². The van der Waals surface area contributed by atoms with Crippen LogP contribution >= 0.6 is 0 Å². The van der Waals surface area contributed by atoms with Crippen LogP contribution in [0.25, 0.3) is 0 Å². The van der Waals surface area contributed by atoms with E-state index >= 15 is 0 Å². The quantitative estimate of drug-likeness (QED) is 0.912. The topological polar surface area (TPSA) is 80.3 Å². The minimum atomic E-state index is -3.25. The van der Waals surface area contributed by atoms with Crippen molar-refractivity contribution in [2.45, 2.75) is 36.6 Å². The van der Waals surface area contributed by atoms with Crippen LogP contribution in [0.15, 0.2) is 29.2 Å². The van der Waals surface area contributed by atoms with Gasteiger partial charge >= 0.3 is 0 Å². The van der Waals surface area contributed by atoms with E-state index in [0.717, 1.165) is 6.26 Å². The molecule has 5 nitrogen and oxygen atoms in total. The summed E-state index contributed by atoms with van der Waals surface area (Å²) < 4.78 is 22.7. The fraction of sp³-hybridized carbons (Fsp3) is 0.429. The molecule has 0 atom stereocenters. The molecular formula is C14H17NO4S. The second-order valence-electron chi connectivity index (χ2n) is 5.08. The van der Waals surface area contributed by atoms with Crippen LogP contribution in [0, 0.1) is 0 Å². The summed E-state index contributed by atoms with van der Waals surface area (Å²) in [7, 11) is -3.25. The average Bonchev–Trinajstić information content (AvgIpc) is 2.40. The van der Waals surface area contributed by atoms with E-state index in [1.54, 1.807) is 0 Å². The minimum absolute atomic E-state index is 0.0229. The molecule has 0 radical (unpaired) electrons. The lowest BCUT2D eigenvalue weighted by Gasteiger charge is -2.22. The number of sulfone groups is 1. The number of benzene rings is 1. The molecule has 0 spiro atoms. The highest BCUT2D eigenvalue weighted by Gasteiger charge is 2.20. The van der Waals surface area contributed by atoms with Crippen molar-refractivity contribution in [1.82, 2.24) is 5.32 Å². The van der Waals surface area contributed by atoms with Gasteiger partial charge in [-0.1, -0.05) is 0 Å². The third kappa shape index (κ3) is 3.66. The second kappa shape index (κ2) is 5.75. The Bertz CT molecular complexity index is 609. The molecule has 0 unspecified atom stereocenters. The number of amides is 1. The van der Waals surface area contributed by atoms with Crippen LogP contribution in [0.3, 0.4) is 0 Å². The Balaban J connectivity index is 2.01. The van der Waals surface area contributed by atoms with E-state index < -0.39 is 9.84 Å². The molecule has 0 aromatic heterocycles. The molecule has 108 valence electrons. The first-order chi connectivity index (χ1) is 9.36. The Kier molecular flexibility index (Phi) is 4.23. The van der Waals surface area contributed by atoms with Gasteiger partial charge in [-0.15, -0.1) is 0 Å². The van der Waals surface area contributed by atoms with E-state index in [1.165, 1.54) is 24.3 Å². The number of hydrogen-bond acceptors (Lipinski definition) is 4. The SMILES string of the molecule is CS(=O)(=O)c1ccc(C(=O)NC2CCC(=O)CC2)cc1. The summed E-state index contributed by atoms with van der Waals surface area (Å²) in [6.07, 6.45) is 3.50. The predicted molar refractivity (Wildman–Crippen MR) is 74.3 cm³/mol. The molecule has 20 heavy (non-hydrogen) atoms.